The lowest BCUT2D eigenvalue weighted by Crippen LogP contribution is -2.77. The molecule has 0 fully saturated rings. The van der Waals surface area contributed by atoms with Gasteiger partial charge in [-0.05, 0) is 13.0 Å². The molecular weight excluding hydrogens is 124 g/mol. The Balaban J connectivity index is 2.81. The molecule has 0 aliphatic rings. The van der Waals surface area contributed by atoms with Crippen LogP contribution in [0.15, 0.2) is 24.3 Å². The SMILES string of the molecule is CC[NH2+]c1ccccc1N. The van der Waals surface area contributed by atoms with E-state index in [0.29, 0.717) is 0 Å². The van der Waals surface area contributed by atoms with E-state index in [1.165, 1.54) is 0 Å². The molecule has 0 bridgehead atoms. The maximum absolute atomic E-state index is 5.68. The fraction of sp³-hybridized carbons (Fsp3) is 0.250. The largest absolute Gasteiger partial charge is 0.394 e. The Morgan fingerprint density at radius 2 is 2.10 bits per heavy atom. The summed E-state index contributed by atoms with van der Waals surface area (Å²) in [6.45, 7) is 3.14. The first-order valence-corrected chi connectivity index (χ1v) is 3.52. The quantitative estimate of drug-likeness (QED) is 0.572. The summed E-state index contributed by atoms with van der Waals surface area (Å²) in [5.74, 6) is 0. The van der Waals surface area contributed by atoms with Crippen molar-refractivity contribution < 1.29 is 5.32 Å². The molecule has 2 nitrogen and oxygen atoms in total. The van der Waals surface area contributed by atoms with E-state index in [0.717, 1.165) is 17.9 Å². The summed E-state index contributed by atoms with van der Waals surface area (Å²) in [5, 5.41) is 2.12. The van der Waals surface area contributed by atoms with Gasteiger partial charge in [0.25, 0.3) is 0 Å². The number of rotatable bonds is 2. The van der Waals surface area contributed by atoms with Crippen LogP contribution < -0.4 is 11.1 Å². The van der Waals surface area contributed by atoms with Crippen LogP contribution in [0, 0.1) is 0 Å². The van der Waals surface area contributed by atoms with Crippen molar-refractivity contribution in [2.75, 3.05) is 12.3 Å². The molecule has 0 aliphatic heterocycles. The summed E-state index contributed by atoms with van der Waals surface area (Å²) in [6, 6.07) is 7.89. The van der Waals surface area contributed by atoms with Gasteiger partial charge in [-0.2, -0.15) is 0 Å². The summed E-state index contributed by atoms with van der Waals surface area (Å²) < 4.78 is 0. The maximum atomic E-state index is 5.68. The van der Waals surface area contributed by atoms with Crippen molar-refractivity contribution in [1.29, 1.82) is 0 Å². The zero-order valence-electron chi connectivity index (χ0n) is 6.17. The Labute approximate surface area is 61.1 Å². The van der Waals surface area contributed by atoms with Crippen molar-refractivity contribution >= 4 is 11.4 Å². The number of nitrogens with two attached hydrogens (primary N) is 2. The molecule has 0 aromatic heterocycles. The van der Waals surface area contributed by atoms with Gasteiger partial charge in [-0.25, -0.2) is 0 Å². The molecule has 4 N–H and O–H groups in total. The van der Waals surface area contributed by atoms with E-state index < -0.39 is 0 Å². The average molecular weight is 137 g/mol. The first-order valence-electron chi connectivity index (χ1n) is 3.52. The zero-order chi connectivity index (χ0) is 7.40. The highest BCUT2D eigenvalue weighted by atomic mass is 14.9. The second kappa shape index (κ2) is 3.22. The van der Waals surface area contributed by atoms with Crippen LogP contribution in [-0.4, -0.2) is 6.54 Å². The first-order chi connectivity index (χ1) is 4.84. The molecule has 1 aromatic carbocycles. The molecule has 0 saturated heterocycles. The molecular formula is C8H13N2+. The van der Waals surface area contributed by atoms with Crippen LogP contribution in [0.5, 0.6) is 0 Å². The van der Waals surface area contributed by atoms with Crippen molar-refractivity contribution in [2.24, 2.45) is 0 Å². The Morgan fingerprint density at radius 3 is 2.70 bits per heavy atom. The third-order valence-corrected chi connectivity index (χ3v) is 1.42. The van der Waals surface area contributed by atoms with Crippen molar-refractivity contribution in [3.63, 3.8) is 0 Å². The van der Waals surface area contributed by atoms with Gasteiger partial charge in [0.2, 0.25) is 0 Å². The molecule has 10 heavy (non-hydrogen) atoms. The minimum Gasteiger partial charge on any atom is -0.394 e. The normalized spacial score (nSPS) is 9.70. The fourth-order valence-electron chi connectivity index (χ4n) is 0.917. The van der Waals surface area contributed by atoms with Crippen molar-refractivity contribution in [3.05, 3.63) is 24.3 Å². The molecule has 54 valence electrons. The van der Waals surface area contributed by atoms with E-state index >= 15 is 0 Å². The molecule has 0 aliphatic carbocycles. The molecule has 0 radical (unpaired) electrons. The van der Waals surface area contributed by atoms with Crippen LogP contribution in [-0.2, 0) is 0 Å². The van der Waals surface area contributed by atoms with Crippen LogP contribution in [0.25, 0.3) is 0 Å². The number of anilines is 1. The predicted molar refractivity (Wildman–Crippen MR) is 43.0 cm³/mol. The smallest absolute Gasteiger partial charge is 0.152 e. The fourth-order valence-corrected chi connectivity index (χ4v) is 0.917. The van der Waals surface area contributed by atoms with Gasteiger partial charge in [-0.3, -0.25) is 0 Å². The number of hydrogen-bond acceptors (Lipinski definition) is 1. The molecule has 0 saturated carbocycles. The van der Waals surface area contributed by atoms with Gasteiger partial charge in [0.15, 0.2) is 5.69 Å². The van der Waals surface area contributed by atoms with Crippen LogP contribution in [0.4, 0.5) is 11.4 Å². The zero-order valence-corrected chi connectivity index (χ0v) is 6.17. The topological polar surface area (TPSA) is 42.6 Å². The molecule has 0 atom stereocenters. The Bertz CT molecular complexity index is 208. The lowest BCUT2D eigenvalue weighted by Gasteiger charge is -1.99. The molecule has 2 heteroatoms. The van der Waals surface area contributed by atoms with Crippen molar-refractivity contribution in [2.45, 2.75) is 6.92 Å². The van der Waals surface area contributed by atoms with Gasteiger partial charge in [-0.1, -0.05) is 12.1 Å². The maximum Gasteiger partial charge on any atom is 0.152 e. The standard InChI is InChI=1S/C8H12N2/c1-2-10-8-6-4-3-5-7(8)9/h3-6,10H,2,9H2,1H3/p+1. The van der Waals surface area contributed by atoms with Crippen molar-refractivity contribution in [1.82, 2.24) is 0 Å². The number of nitrogen functional groups attached to an aromatic ring is 1. The highest BCUT2D eigenvalue weighted by Gasteiger charge is 1.96. The second-order valence-electron chi connectivity index (χ2n) is 2.24. The Hall–Kier alpha value is -1.02. The summed E-state index contributed by atoms with van der Waals surface area (Å²) in [5.41, 5.74) is 7.68. The monoisotopic (exact) mass is 137 g/mol. The van der Waals surface area contributed by atoms with E-state index in [2.05, 4.69) is 12.2 Å². The van der Waals surface area contributed by atoms with Gasteiger partial charge in [0, 0.05) is 6.07 Å². The molecule has 1 aromatic rings. The average Bonchev–Trinajstić information content (AvgIpc) is 1.94. The summed E-state index contributed by atoms with van der Waals surface area (Å²) in [7, 11) is 0. The van der Waals surface area contributed by atoms with Crippen LogP contribution in [0.3, 0.4) is 0 Å². The van der Waals surface area contributed by atoms with E-state index in [9.17, 15) is 0 Å². The predicted octanol–water partition coefficient (Wildman–Crippen LogP) is 0.484. The second-order valence-corrected chi connectivity index (χ2v) is 2.24. The van der Waals surface area contributed by atoms with Gasteiger partial charge < -0.3 is 11.1 Å². The van der Waals surface area contributed by atoms with Gasteiger partial charge in [0.1, 0.15) is 0 Å². The number of quaternary nitrogens is 1. The van der Waals surface area contributed by atoms with Gasteiger partial charge >= 0.3 is 0 Å². The summed E-state index contributed by atoms with van der Waals surface area (Å²) >= 11 is 0. The minimum atomic E-state index is 0.865. The van der Waals surface area contributed by atoms with Crippen LogP contribution in [0.2, 0.25) is 0 Å². The Kier molecular flexibility index (Phi) is 2.29. The highest BCUT2D eigenvalue weighted by Crippen LogP contribution is 2.09. The molecule has 0 amide bonds. The molecule has 1 rings (SSSR count). The van der Waals surface area contributed by atoms with E-state index in [1.807, 2.05) is 24.3 Å². The van der Waals surface area contributed by atoms with Crippen LogP contribution in [0.1, 0.15) is 6.92 Å². The third-order valence-electron chi connectivity index (χ3n) is 1.42. The van der Waals surface area contributed by atoms with Crippen molar-refractivity contribution in [3.8, 4) is 0 Å². The van der Waals surface area contributed by atoms with E-state index in [1.54, 1.807) is 0 Å². The van der Waals surface area contributed by atoms with Gasteiger partial charge in [-0.15, -0.1) is 0 Å². The molecule has 0 spiro atoms. The van der Waals surface area contributed by atoms with Crippen LogP contribution >= 0.6 is 0 Å². The minimum absolute atomic E-state index is 0.865. The highest BCUT2D eigenvalue weighted by molar-refractivity contribution is 5.56. The lowest BCUT2D eigenvalue weighted by molar-refractivity contribution is -0.566. The first kappa shape index (κ1) is 7.09. The molecule has 0 unspecified atom stereocenters. The number of para-hydroxylation sites is 2. The van der Waals surface area contributed by atoms with E-state index in [4.69, 9.17) is 5.73 Å². The number of benzene rings is 1. The lowest BCUT2D eigenvalue weighted by atomic mass is 10.3. The van der Waals surface area contributed by atoms with E-state index in [-0.39, 0.29) is 0 Å². The number of hydrogen-bond donors (Lipinski definition) is 2. The molecule has 0 heterocycles. The third kappa shape index (κ3) is 1.48. The summed E-state index contributed by atoms with van der Waals surface area (Å²) in [4.78, 5) is 0. The summed E-state index contributed by atoms with van der Waals surface area (Å²) in [6.07, 6.45) is 0. The van der Waals surface area contributed by atoms with Gasteiger partial charge in [0.05, 0.1) is 12.2 Å². The Morgan fingerprint density at radius 1 is 1.40 bits per heavy atom.